The highest BCUT2D eigenvalue weighted by Crippen LogP contribution is 2.37. The zero-order valence-electron chi connectivity index (χ0n) is 16.4. The van der Waals surface area contributed by atoms with Crippen molar-refractivity contribution >= 4 is 11.5 Å². The van der Waals surface area contributed by atoms with Crippen LogP contribution in [0.3, 0.4) is 0 Å². The number of nitrogens with zero attached hydrogens (tertiary/aromatic N) is 8. The molecule has 0 bridgehead atoms. The fourth-order valence-electron chi connectivity index (χ4n) is 3.98. The van der Waals surface area contributed by atoms with Crippen molar-refractivity contribution in [1.82, 2.24) is 39.7 Å². The molecular formula is C20H15F2N9O. The summed E-state index contributed by atoms with van der Waals surface area (Å²) in [6.07, 6.45) is 4.25. The molecule has 6 heterocycles. The van der Waals surface area contributed by atoms with E-state index in [1.165, 1.54) is 23.0 Å². The van der Waals surface area contributed by atoms with E-state index in [0.29, 0.717) is 29.9 Å². The molecule has 1 N–H and O–H groups in total. The van der Waals surface area contributed by atoms with Gasteiger partial charge in [-0.3, -0.25) is 4.98 Å². The first-order chi connectivity index (χ1) is 15.7. The van der Waals surface area contributed by atoms with E-state index in [-0.39, 0.29) is 17.6 Å². The number of H-pyrrole nitrogens is 1. The van der Waals surface area contributed by atoms with Crippen LogP contribution in [-0.2, 0) is 6.42 Å². The third-order valence-electron chi connectivity index (χ3n) is 5.41. The second-order valence-electron chi connectivity index (χ2n) is 7.25. The number of hydrogen-bond donors (Lipinski definition) is 1. The number of aromatic amines is 1. The van der Waals surface area contributed by atoms with E-state index in [9.17, 15) is 8.78 Å². The van der Waals surface area contributed by atoms with Gasteiger partial charge in [0.15, 0.2) is 0 Å². The number of anilines is 1. The summed E-state index contributed by atoms with van der Waals surface area (Å²) in [6, 6.07) is 6.22. The molecule has 0 saturated carbocycles. The van der Waals surface area contributed by atoms with Gasteiger partial charge in [0.05, 0.1) is 29.4 Å². The van der Waals surface area contributed by atoms with Crippen LogP contribution in [0, 0.1) is 0 Å². The summed E-state index contributed by atoms with van der Waals surface area (Å²) in [5.74, 6) is 0.231. The third-order valence-corrected chi connectivity index (χ3v) is 5.41. The molecule has 12 heteroatoms. The molecule has 1 atom stereocenters. The molecule has 5 aromatic heterocycles. The fourth-order valence-corrected chi connectivity index (χ4v) is 3.98. The van der Waals surface area contributed by atoms with Crippen LogP contribution in [0.4, 0.5) is 14.8 Å². The molecule has 160 valence electrons. The lowest BCUT2D eigenvalue weighted by atomic mass is 10.0. The number of rotatable bonds is 4. The zero-order chi connectivity index (χ0) is 21.7. The number of pyridine rings is 1. The van der Waals surface area contributed by atoms with E-state index < -0.39 is 12.5 Å². The van der Waals surface area contributed by atoms with Crippen LogP contribution in [-0.4, -0.2) is 46.3 Å². The first-order valence-corrected chi connectivity index (χ1v) is 9.84. The Kier molecular flexibility index (Phi) is 4.16. The van der Waals surface area contributed by atoms with E-state index >= 15 is 0 Å². The van der Waals surface area contributed by atoms with Gasteiger partial charge in [0.1, 0.15) is 17.4 Å². The number of fused-ring (bicyclic) bond motifs is 2. The average molecular weight is 435 g/mol. The maximum atomic E-state index is 13.5. The topological polar surface area (TPSA) is 114 Å². The van der Waals surface area contributed by atoms with E-state index in [2.05, 4.69) is 35.2 Å². The van der Waals surface area contributed by atoms with Crippen molar-refractivity contribution in [1.29, 1.82) is 0 Å². The number of hydrogen-bond acceptors (Lipinski definition) is 8. The molecule has 0 spiro atoms. The first kappa shape index (κ1) is 18.5. The minimum atomic E-state index is -2.65. The highest BCUT2D eigenvalue weighted by atomic mass is 19.3. The largest absolute Gasteiger partial charge is 0.401 e. The average Bonchev–Trinajstić information content (AvgIpc) is 3.57. The van der Waals surface area contributed by atoms with E-state index in [0.717, 1.165) is 11.4 Å². The Labute approximate surface area is 179 Å². The molecule has 6 rings (SSSR count). The van der Waals surface area contributed by atoms with Gasteiger partial charge < -0.3 is 14.3 Å². The van der Waals surface area contributed by atoms with E-state index in [1.807, 2.05) is 4.90 Å². The normalized spacial score (nSPS) is 16.1. The second kappa shape index (κ2) is 7.18. The van der Waals surface area contributed by atoms with Gasteiger partial charge in [-0.1, -0.05) is 11.2 Å². The van der Waals surface area contributed by atoms with Gasteiger partial charge in [-0.2, -0.15) is 5.10 Å². The molecule has 1 aliphatic rings. The van der Waals surface area contributed by atoms with Crippen LogP contribution in [0.2, 0.25) is 0 Å². The molecule has 5 aromatic rings. The zero-order valence-corrected chi connectivity index (χ0v) is 16.4. The highest BCUT2D eigenvalue weighted by molar-refractivity contribution is 5.53. The Hall–Kier alpha value is -4.22. The van der Waals surface area contributed by atoms with Crippen molar-refractivity contribution < 1.29 is 13.2 Å². The Morgan fingerprint density at radius 1 is 1.16 bits per heavy atom. The summed E-state index contributed by atoms with van der Waals surface area (Å²) < 4.78 is 34.2. The monoisotopic (exact) mass is 435 g/mol. The first-order valence-electron chi connectivity index (χ1n) is 9.84. The minimum Gasteiger partial charge on any atom is -0.401 e. The van der Waals surface area contributed by atoms with Gasteiger partial charge in [-0.25, -0.2) is 23.3 Å². The lowest BCUT2D eigenvalue weighted by Gasteiger charge is -2.32. The van der Waals surface area contributed by atoms with Crippen molar-refractivity contribution in [2.24, 2.45) is 0 Å². The van der Waals surface area contributed by atoms with Crippen LogP contribution in [0.1, 0.15) is 35.2 Å². The van der Waals surface area contributed by atoms with Crippen LogP contribution >= 0.6 is 0 Å². The third kappa shape index (κ3) is 2.91. The van der Waals surface area contributed by atoms with Crippen LogP contribution in [0.25, 0.3) is 17.1 Å². The quantitative estimate of drug-likeness (QED) is 0.458. The molecule has 32 heavy (non-hydrogen) atoms. The molecule has 10 nitrogen and oxygen atoms in total. The van der Waals surface area contributed by atoms with Crippen molar-refractivity contribution in [3.63, 3.8) is 0 Å². The van der Waals surface area contributed by atoms with Gasteiger partial charge in [0.2, 0.25) is 0 Å². The minimum absolute atomic E-state index is 0.180. The number of halogens is 2. The second-order valence-corrected chi connectivity index (χ2v) is 7.25. The van der Waals surface area contributed by atoms with Crippen molar-refractivity contribution in [3.05, 3.63) is 72.0 Å². The predicted octanol–water partition coefficient (Wildman–Crippen LogP) is 2.99. The molecule has 1 aliphatic heterocycles. The van der Waals surface area contributed by atoms with Gasteiger partial charge in [-0.15, -0.1) is 5.10 Å². The summed E-state index contributed by atoms with van der Waals surface area (Å²) in [4.78, 5) is 17.7. The van der Waals surface area contributed by atoms with Gasteiger partial charge in [0, 0.05) is 31.1 Å². The molecule has 0 saturated heterocycles. The number of nitrogens with one attached hydrogen (secondary N) is 1. The number of imidazole rings is 1. The van der Waals surface area contributed by atoms with Gasteiger partial charge >= 0.3 is 6.01 Å². The molecule has 0 aromatic carbocycles. The summed E-state index contributed by atoms with van der Waals surface area (Å²) >= 11 is 0. The summed E-state index contributed by atoms with van der Waals surface area (Å²) in [5.41, 5.74) is 3.07. The van der Waals surface area contributed by atoms with Crippen LogP contribution in [0.5, 0.6) is 0 Å². The highest BCUT2D eigenvalue weighted by Gasteiger charge is 2.36. The Bertz CT molecular complexity index is 1390. The molecule has 1 unspecified atom stereocenters. The lowest BCUT2D eigenvalue weighted by Crippen LogP contribution is -2.37. The van der Waals surface area contributed by atoms with Crippen molar-refractivity contribution in [3.8, 4) is 11.6 Å². The van der Waals surface area contributed by atoms with Crippen molar-refractivity contribution in [2.45, 2.75) is 18.9 Å². The maximum Gasteiger partial charge on any atom is 0.319 e. The molecule has 0 aliphatic carbocycles. The summed E-state index contributed by atoms with van der Waals surface area (Å²) in [6.45, 7) is 0.539. The van der Waals surface area contributed by atoms with E-state index in [4.69, 9.17) is 4.42 Å². The number of aromatic nitrogens is 8. The van der Waals surface area contributed by atoms with Gasteiger partial charge in [0.25, 0.3) is 12.3 Å². The maximum absolute atomic E-state index is 13.5. The molecule has 0 radical (unpaired) electrons. The molecule has 0 amide bonds. The van der Waals surface area contributed by atoms with E-state index in [1.54, 1.807) is 30.7 Å². The standard InChI is InChI=1S/C20H15F2N9O/c21-18(22)15-3-1-2-11-8-13(29-31(11)15)17-16-12(25-10-26-16)4-7-30(17)20-28-27-19(32-20)14-9-23-5-6-24-14/h1-3,5-6,8-10,17-18H,4,7H2,(H,25,26). The number of alkyl halides is 2. The Morgan fingerprint density at radius 3 is 2.94 bits per heavy atom. The summed E-state index contributed by atoms with van der Waals surface area (Å²) in [5, 5.41) is 12.8. The molecular weight excluding hydrogens is 420 g/mol. The van der Waals surface area contributed by atoms with Crippen molar-refractivity contribution in [2.75, 3.05) is 11.4 Å². The Balaban J connectivity index is 1.46. The van der Waals surface area contributed by atoms with Crippen LogP contribution < -0.4 is 4.90 Å². The summed E-state index contributed by atoms with van der Waals surface area (Å²) in [7, 11) is 0. The van der Waals surface area contributed by atoms with Crippen LogP contribution in [0.15, 0.2) is 53.6 Å². The molecule has 0 fully saturated rings. The predicted molar refractivity (Wildman–Crippen MR) is 107 cm³/mol. The lowest BCUT2D eigenvalue weighted by molar-refractivity contribution is 0.143. The fraction of sp³-hybridized carbons (Fsp3) is 0.200. The Morgan fingerprint density at radius 2 is 2.09 bits per heavy atom. The SMILES string of the molecule is FC(F)c1cccc2cc(C3c4nc[nH]c4CCN3c3nnc(-c4cnccn4)o3)nn12. The smallest absolute Gasteiger partial charge is 0.319 e. The van der Waals surface area contributed by atoms with Gasteiger partial charge in [-0.05, 0) is 18.2 Å².